The van der Waals surface area contributed by atoms with Crippen LogP contribution in [0.25, 0.3) is 0 Å². The highest BCUT2D eigenvalue weighted by Crippen LogP contribution is 2.25. The van der Waals surface area contributed by atoms with Crippen molar-refractivity contribution in [1.29, 1.82) is 0 Å². The Balaban J connectivity index is 0.00000196. The summed E-state index contributed by atoms with van der Waals surface area (Å²) in [6.45, 7) is 14.9. The fraction of sp³-hybridized carbons (Fsp3) is 0.682. The Morgan fingerprint density at radius 3 is 2.21 bits per heavy atom. The molecule has 2 fully saturated rings. The van der Waals surface area contributed by atoms with Crippen molar-refractivity contribution in [3.8, 4) is 0 Å². The molecule has 0 bridgehead atoms. The summed E-state index contributed by atoms with van der Waals surface area (Å²) in [4.78, 5) is 18.8. The van der Waals surface area contributed by atoms with Crippen LogP contribution in [0.4, 0.5) is 5.69 Å². The number of nitrogens with zero attached hydrogens (tertiary/aromatic N) is 3. The van der Waals surface area contributed by atoms with Gasteiger partial charge in [-0.05, 0) is 82.8 Å². The minimum atomic E-state index is 0. The van der Waals surface area contributed by atoms with Crippen molar-refractivity contribution in [2.75, 3.05) is 57.3 Å². The van der Waals surface area contributed by atoms with E-state index in [4.69, 9.17) is 0 Å². The maximum Gasteiger partial charge on any atom is 0.143 e. The summed E-state index contributed by atoms with van der Waals surface area (Å²) in [7, 11) is 0. The summed E-state index contributed by atoms with van der Waals surface area (Å²) >= 11 is 0. The van der Waals surface area contributed by atoms with Crippen molar-refractivity contribution in [2.24, 2.45) is 5.92 Å². The van der Waals surface area contributed by atoms with Gasteiger partial charge in [-0.1, -0.05) is 12.1 Å². The highest BCUT2D eigenvalue weighted by atomic mass is 35.5. The zero-order valence-electron chi connectivity index (χ0n) is 17.7. The number of aryl methyl sites for hydroxylation is 1. The zero-order chi connectivity index (χ0) is 18.5. The fourth-order valence-electron chi connectivity index (χ4n) is 4.40. The third kappa shape index (κ3) is 6.91. The number of hydrogen-bond donors (Lipinski definition) is 0. The van der Waals surface area contributed by atoms with E-state index >= 15 is 0 Å². The van der Waals surface area contributed by atoms with Crippen molar-refractivity contribution < 1.29 is 4.79 Å². The van der Waals surface area contributed by atoms with Gasteiger partial charge in [-0.25, -0.2) is 0 Å². The van der Waals surface area contributed by atoms with Gasteiger partial charge in [-0.2, -0.15) is 0 Å². The molecule has 1 aromatic carbocycles. The summed E-state index contributed by atoms with van der Waals surface area (Å²) in [5, 5.41) is 0. The van der Waals surface area contributed by atoms with E-state index in [1.54, 1.807) is 6.92 Å². The van der Waals surface area contributed by atoms with Crippen LogP contribution >= 0.6 is 24.8 Å². The van der Waals surface area contributed by atoms with E-state index in [0.29, 0.717) is 12.3 Å². The normalized spacial score (nSPS) is 19.0. The molecule has 2 saturated heterocycles. The number of Topliss-reactive ketones (excluding diaryl/α,β-unsaturated/α-hetero) is 1. The average Bonchev–Trinajstić information content (AvgIpc) is 2.63. The standard InChI is InChI=1S/C22H35N3O.2ClH/c1-18-5-4-6-22(20(18)3)25-15-13-23(14-16-25)10-7-21-8-11-24(12-9-21)17-19(2)26;;/h4-6,21H,7-17H2,1-3H3;2*1H. The quantitative estimate of drug-likeness (QED) is 0.683. The molecule has 6 heteroatoms. The largest absolute Gasteiger partial charge is 0.369 e. The van der Waals surface area contributed by atoms with E-state index in [9.17, 15) is 4.79 Å². The molecule has 4 nitrogen and oxygen atoms in total. The molecule has 2 aliphatic heterocycles. The molecule has 0 radical (unpaired) electrons. The summed E-state index contributed by atoms with van der Waals surface area (Å²) < 4.78 is 0. The molecular weight excluding hydrogens is 393 g/mol. The molecule has 3 rings (SSSR count). The number of likely N-dealkylation sites (tertiary alicyclic amines) is 1. The van der Waals surface area contributed by atoms with E-state index in [0.717, 1.165) is 32.1 Å². The maximum absolute atomic E-state index is 11.2. The number of piperidine rings is 1. The molecule has 0 saturated carbocycles. The predicted molar refractivity (Wildman–Crippen MR) is 124 cm³/mol. The van der Waals surface area contributed by atoms with Gasteiger partial charge >= 0.3 is 0 Å². The minimum absolute atomic E-state index is 0. The third-order valence-electron chi connectivity index (χ3n) is 6.30. The van der Waals surface area contributed by atoms with Gasteiger partial charge in [-0.3, -0.25) is 14.6 Å². The second-order valence-corrected chi connectivity index (χ2v) is 8.26. The summed E-state index contributed by atoms with van der Waals surface area (Å²) in [6, 6.07) is 6.66. The van der Waals surface area contributed by atoms with Gasteiger partial charge in [0.15, 0.2) is 0 Å². The first kappa shape index (κ1) is 25.2. The molecule has 0 unspecified atom stereocenters. The van der Waals surface area contributed by atoms with Crippen LogP contribution in [0.15, 0.2) is 18.2 Å². The molecule has 0 amide bonds. The number of piperazine rings is 1. The van der Waals surface area contributed by atoms with E-state index in [-0.39, 0.29) is 24.8 Å². The molecule has 0 spiro atoms. The van der Waals surface area contributed by atoms with Gasteiger partial charge in [0.25, 0.3) is 0 Å². The lowest BCUT2D eigenvalue weighted by Gasteiger charge is -2.38. The van der Waals surface area contributed by atoms with Crippen LogP contribution < -0.4 is 4.90 Å². The number of ketones is 1. The highest BCUT2D eigenvalue weighted by Gasteiger charge is 2.22. The second kappa shape index (κ2) is 12.0. The molecule has 2 heterocycles. The van der Waals surface area contributed by atoms with Gasteiger partial charge in [-0.15, -0.1) is 24.8 Å². The van der Waals surface area contributed by atoms with Gasteiger partial charge in [0.1, 0.15) is 5.78 Å². The van der Waals surface area contributed by atoms with Crippen molar-refractivity contribution in [3.05, 3.63) is 29.3 Å². The van der Waals surface area contributed by atoms with E-state index in [1.165, 1.54) is 55.7 Å². The van der Waals surface area contributed by atoms with E-state index < -0.39 is 0 Å². The van der Waals surface area contributed by atoms with Gasteiger partial charge in [0.05, 0.1) is 6.54 Å². The Labute approximate surface area is 183 Å². The van der Waals surface area contributed by atoms with E-state index in [1.807, 2.05) is 0 Å². The Kier molecular flexibility index (Phi) is 10.8. The van der Waals surface area contributed by atoms with E-state index in [2.05, 4.69) is 46.7 Å². The Morgan fingerprint density at radius 1 is 0.964 bits per heavy atom. The first-order valence-corrected chi connectivity index (χ1v) is 10.3. The predicted octanol–water partition coefficient (Wildman–Crippen LogP) is 3.96. The van der Waals surface area contributed by atoms with Gasteiger partial charge in [0.2, 0.25) is 0 Å². The topological polar surface area (TPSA) is 26.8 Å². The lowest BCUT2D eigenvalue weighted by Crippen LogP contribution is -2.47. The number of halogens is 2. The van der Waals surface area contributed by atoms with Crippen LogP contribution in [0.2, 0.25) is 0 Å². The van der Waals surface area contributed by atoms with Crippen LogP contribution in [0.3, 0.4) is 0 Å². The minimum Gasteiger partial charge on any atom is -0.369 e. The number of carbonyl (C=O) groups is 1. The van der Waals surface area contributed by atoms with Gasteiger partial charge in [0, 0.05) is 31.9 Å². The van der Waals surface area contributed by atoms with Crippen LogP contribution in [0, 0.1) is 19.8 Å². The summed E-state index contributed by atoms with van der Waals surface area (Å²) in [6.07, 6.45) is 3.84. The molecule has 0 N–H and O–H groups in total. The van der Waals surface area contributed by atoms with Crippen molar-refractivity contribution >= 4 is 36.3 Å². The molecule has 0 aliphatic carbocycles. The zero-order valence-corrected chi connectivity index (χ0v) is 19.3. The van der Waals surface area contributed by atoms with Crippen LogP contribution in [-0.2, 0) is 4.79 Å². The molecule has 1 aromatic rings. The fourth-order valence-corrected chi connectivity index (χ4v) is 4.40. The first-order chi connectivity index (χ1) is 12.5. The number of benzene rings is 1. The first-order valence-electron chi connectivity index (χ1n) is 10.3. The highest BCUT2D eigenvalue weighted by molar-refractivity contribution is 5.85. The Hall–Kier alpha value is -0.810. The lowest BCUT2D eigenvalue weighted by molar-refractivity contribution is -0.118. The molecule has 0 aromatic heterocycles. The maximum atomic E-state index is 11.2. The second-order valence-electron chi connectivity index (χ2n) is 8.26. The smallest absolute Gasteiger partial charge is 0.143 e. The Bertz CT molecular complexity index is 610. The number of carbonyl (C=O) groups excluding carboxylic acids is 1. The Morgan fingerprint density at radius 2 is 1.61 bits per heavy atom. The molecule has 2 aliphatic rings. The van der Waals surface area contributed by atoms with Gasteiger partial charge < -0.3 is 4.90 Å². The third-order valence-corrected chi connectivity index (χ3v) is 6.30. The number of rotatable bonds is 6. The van der Waals surface area contributed by atoms with Crippen LogP contribution in [0.5, 0.6) is 0 Å². The molecule has 160 valence electrons. The van der Waals surface area contributed by atoms with Crippen molar-refractivity contribution in [2.45, 2.75) is 40.0 Å². The molecule has 28 heavy (non-hydrogen) atoms. The monoisotopic (exact) mass is 429 g/mol. The van der Waals surface area contributed by atoms with Crippen LogP contribution in [0.1, 0.15) is 37.3 Å². The number of anilines is 1. The van der Waals surface area contributed by atoms with Crippen molar-refractivity contribution in [3.63, 3.8) is 0 Å². The van der Waals surface area contributed by atoms with Crippen LogP contribution in [-0.4, -0.2) is 67.9 Å². The summed E-state index contributed by atoms with van der Waals surface area (Å²) in [5.41, 5.74) is 4.24. The number of hydrogen-bond acceptors (Lipinski definition) is 4. The molecule has 0 atom stereocenters. The van der Waals surface area contributed by atoms with Crippen molar-refractivity contribution in [1.82, 2.24) is 9.80 Å². The molecular formula is C22H37Cl2N3O. The average molecular weight is 430 g/mol. The summed E-state index contributed by atoms with van der Waals surface area (Å²) in [5.74, 6) is 1.14. The SMILES string of the molecule is CC(=O)CN1CCC(CCN2CCN(c3cccc(C)c3C)CC2)CC1.Cl.Cl. The lowest BCUT2D eigenvalue weighted by atomic mass is 9.93.